The van der Waals surface area contributed by atoms with E-state index in [0.717, 1.165) is 31.6 Å². The Hall–Kier alpha value is -1.62. The number of anilines is 2. The maximum absolute atomic E-state index is 6.10. The number of nitrogens with two attached hydrogens (primary N) is 1. The Balaban J connectivity index is 2.00. The zero-order valence-corrected chi connectivity index (χ0v) is 13.3. The number of nitrogen functional groups attached to an aromatic ring is 1. The molecule has 1 fully saturated rings. The summed E-state index contributed by atoms with van der Waals surface area (Å²) in [4.78, 5) is 2.52. The minimum atomic E-state index is 0.471. The maximum Gasteiger partial charge on any atom is 0.162 e. The fourth-order valence-corrected chi connectivity index (χ4v) is 2.86. The molecule has 0 bridgehead atoms. The Morgan fingerprint density at radius 1 is 1.19 bits per heavy atom. The van der Waals surface area contributed by atoms with Crippen molar-refractivity contribution in [1.82, 2.24) is 4.90 Å². The molecule has 1 aromatic carbocycles. The smallest absolute Gasteiger partial charge is 0.162 e. The number of rotatable bonds is 6. The lowest BCUT2D eigenvalue weighted by atomic mass is 10.0. The van der Waals surface area contributed by atoms with Gasteiger partial charge in [0.05, 0.1) is 25.6 Å². The molecule has 1 aliphatic rings. The van der Waals surface area contributed by atoms with Gasteiger partial charge in [-0.1, -0.05) is 6.92 Å². The molecule has 1 aromatic rings. The lowest BCUT2D eigenvalue weighted by Crippen LogP contribution is -2.39. The maximum atomic E-state index is 6.10. The number of methoxy groups -OCH3 is 2. The average Bonchev–Trinajstić information content (AvgIpc) is 2.51. The van der Waals surface area contributed by atoms with Crippen molar-refractivity contribution in [2.24, 2.45) is 0 Å². The van der Waals surface area contributed by atoms with E-state index in [9.17, 15) is 0 Å². The standard InChI is InChI=1S/C16H27N3O2/c1-4-7-19-8-5-12(6-9-19)18-14-11-16(21-3)15(20-2)10-13(14)17/h10-12,18H,4-9,17H2,1-3H3. The lowest BCUT2D eigenvalue weighted by Gasteiger charge is -2.33. The second kappa shape index (κ2) is 7.41. The highest BCUT2D eigenvalue weighted by Crippen LogP contribution is 2.35. The molecule has 0 aromatic heterocycles. The van der Waals surface area contributed by atoms with Gasteiger partial charge in [0.15, 0.2) is 11.5 Å². The van der Waals surface area contributed by atoms with Crippen molar-refractivity contribution in [3.63, 3.8) is 0 Å². The van der Waals surface area contributed by atoms with Crippen LogP contribution in [0.5, 0.6) is 11.5 Å². The summed E-state index contributed by atoms with van der Waals surface area (Å²) in [5.74, 6) is 1.37. The zero-order chi connectivity index (χ0) is 15.2. The highest BCUT2D eigenvalue weighted by Gasteiger charge is 2.19. The van der Waals surface area contributed by atoms with Gasteiger partial charge in [-0.2, -0.15) is 0 Å². The Labute approximate surface area is 127 Å². The van der Waals surface area contributed by atoms with Crippen molar-refractivity contribution >= 4 is 11.4 Å². The van der Waals surface area contributed by atoms with Gasteiger partial charge in [-0.05, 0) is 25.8 Å². The van der Waals surface area contributed by atoms with Crippen LogP contribution < -0.4 is 20.5 Å². The van der Waals surface area contributed by atoms with Crippen molar-refractivity contribution in [2.45, 2.75) is 32.2 Å². The lowest BCUT2D eigenvalue weighted by molar-refractivity contribution is 0.219. The third kappa shape index (κ3) is 3.94. The van der Waals surface area contributed by atoms with Crippen LogP contribution in [-0.4, -0.2) is 44.8 Å². The van der Waals surface area contributed by atoms with Crippen LogP contribution in [0, 0.1) is 0 Å². The number of likely N-dealkylation sites (tertiary alicyclic amines) is 1. The summed E-state index contributed by atoms with van der Waals surface area (Å²) in [7, 11) is 3.26. The van der Waals surface area contributed by atoms with Crippen LogP contribution in [0.15, 0.2) is 12.1 Å². The van der Waals surface area contributed by atoms with E-state index < -0.39 is 0 Å². The molecule has 0 radical (unpaired) electrons. The number of hydrogen-bond donors (Lipinski definition) is 2. The van der Waals surface area contributed by atoms with Crippen molar-refractivity contribution < 1.29 is 9.47 Å². The minimum Gasteiger partial charge on any atom is -0.493 e. The first kappa shape index (κ1) is 15.8. The Bertz CT molecular complexity index is 457. The molecule has 1 heterocycles. The van der Waals surface area contributed by atoms with Gasteiger partial charge in [0.25, 0.3) is 0 Å². The second-order valence-electron chi connectivity index (χ2n) is 5.55. The highest BCUT2D eigenvalue weighted by atomic mass is 16.5. The number of nitrogens with zero attached hydrogens (tertiary/aromatic N) is 1. The molecule has 0 unspecified atom stereocenters. The van der Waals surface area contributed by atoms with Gasteiger partial charge in [-0.15, -0.1) is 0 Å². The van der Waals surface area contributed by atoms with Crippen molar-refractivity contribution in [3.05, 3.63) is 12.1 Å². The van der Waals surface area contributed by atoms with Gasteiger partial charge in [-0.25, -0.2) is 0 Å². The van der Waals surface area contributed by atoms with E-state index >= 15 is 0 Å². The van der Waals surface area contributed by atoms with Crippen LogP contribution in [0.3, 0.4) is 0 Å². The SMILES string of the molecule is CCCN1CCC(Nc2cc(OC)c(OC)cc2N)CC1. The first-order valence-corrected chi connectivity index (χ1v) is 7.68. The first-order valence-electron chi connectivity index (χ1n) is 7.68. The summed E-state index contributed by atoms with van der Waals surface area (Å²) in [6.45, 7) is 5.73. The Morgan fingerprint density at radius 3 is 2.38 bits per heavy atom. The third-order valence-electron chi connectivity index (χ3n) is 4.04. The van der Waals surface area contributed by atoms with Crippen LogP contribution in [0.1, 0.15) is 26.2 Å². The predicted octanol–water partition coefficient (Wildman–Crippen LogP) is 2.57. The van der Waals surface area contributed by atoms with E-state index in [1.54, 1.807) is 14.2 Å². The number of benzene rings is 1. The Kier molecular flexibility index (Phi) is 5.56. The number of nitrogens with one attached hydrogen (secondary N) is 1. The summed E-state index contributed by atoms with van der Waals surface area (Å²) in [5.41, 5.74) is 7.73. The fourth-order valence-electron chi connectivity index (χ4n) is 2.86. The second-order valence-corrected chi connectivity index (χ2v) is 5.55. The zero-order valence-electron chi connectivity index (χ0n) is 13.3. The molecule has 0 aliphatic carbocycles. The van der Waals surface area contributed by atoms with Crippen molar-refractivity contribution in [2.75, 3.05) is 44.9 Å². The van der Waals surface area contributed by atoms with Crippen LogP contribution in [0.4, 0.5) is 11.4 Å². The van der Waals surface area contributed by atoms with E-state index in [4.69, 9.17) is 15.2 Å². The summed E-state index contributed by atoms with van der Waals surface area (Å²) >= 11 is 0. The van der Waals surface area contributed by atoms with E-state index in [-0.39, 0.29) is 0 Å². The molecule has 21 heavy (non-hydrogen) atoms. The number of hydrogen-bond acceptors (Lipinski definition) is 5. The quantitative estimate of drug-likeness (QED) is 0.789. The summed E-state index contributed by atoms with van der Waals surface area (Å²) in [6, 6.07) is 4.21. The molecule has 0 amide bonds. The predicted molar refractivity (Wildman–Crippen MR) is 87.3 cm³/mol. The first-order chi connectivity index (χ1) is 10.2. The van der Waals surface area contributed by atoms with Crippen LogP contribution >= 0.6 is 0 Å². The van der Waals surface area contributed by atoms with E-state index in [2.05, 4.69) is 17.1 Å². The van der Waals surface area contributed by atoms with E-state index in [1.165, 1.54) is 13.0 Å². The molecule has 0 spiro atoms. The van der Waals surface area contributed by atoms with Gasteiger partial charge in [0.1, 0.15) is 0 Å². The van der Waals surface area contributed by atoms with E-state index in [0.29, 0.717) is 23.2 Å². The normalized spacial score (nSPS) is 16.7. The van der Waals surface area contributed by atoms with E-state index in [1.807, 2.05) is 12.1 Å². The molecule has 1 aliphatic heterocycles. The Morgan fingerprint density at radius 2 is 1.81 bits per heavy atom. The van der Waals surface area contributed by atoms with Gasteiger partial charge >= 0.3 is 0 Å². The van der Waals surface area contributed by atoms with Crippen LogP contribution in [0.2, 0.25) is 0 Å². The summed E-state index contributed by atoms with van der Waals surface area (Å²) < 4.78 is 10.6. The molecule has 2 rings (SSSR count). The molecular weight excluding hydrogens is 266 g/mol. The average molecular weight is 293 g/mol. The molecule has 5 nitrogen and oxygen atoms in total. The third-order valence-corrected chi connectivity index (χ3v) is 4.04. The monoisotopic (exact) mass is 293 g/mol. The highest BCUT2D eigenvalue weighted by molar-refractivity contribution is 5.72. The molecule has 118 valence electrons. The fraction of sp³-hybridized carbons (Fsp3) is 0.625. The summed E-state index contributed by atoms with van der Waals surface area (Å²) in [5, 5.41) is 3.55. The molecular formula is C16H27N3O2. The number of piperidine rings is 1. The molecule has 3 N–H and O–H groups in total. The number of ether oxygens (including phenoxy) is 2. The molecule has 1 saturated heterocycles. The van der Waals surface area contributed by atoms with Crippen LogP contribution in [0.25, 0.3) is 0 Å². The minimum absolute atomic E-state index is 0.471. The molecule has 0 saturated carbocycles. The van der Waals surface area contributed by atoms with Gasteiger partial charge < -0.3 is 25.4 Å². The molecule has 0 atom stereocenters. The largest absolute Gasteiger partial charge is 0.493 e. The van der Waals surface area contributed by atoms with Crippen LogP contribution in [-0.2, 0) is 0 Å². The summed E-state index contributed by atoms with van der Waals surface area (Å²) in [6.07, 6.45) is 3.52. The molecule has 5 heteroatoms. The topological polar surface area (TPSA) is 59.8 Å². The van der Waals surface area contributed by atoms with Gasteiger partial charge in [-0.3, -0.25) is 0 Å². The van der Waals surface area contributed by atoms with Gasteiger partial charge in [0.2, 0.25) is 0 Å². The van der Waals surface area contributed by atoms with Gasteiger partial charge in [0, 0.05) is 31.3 Å². The van der Waals surface area contributed by atoms with Crippen molar-refractivity contribution in [1.29, 1.82) is 0 Å². The van der Waals surface area contributed by atoms with Crippen molar-refractivity contribution in [3.8, 4) is 11.5 Å².